The van der Waals surface area contributed by atoms with Gasteiger partial charge >= 0.3 is 0 Å². The van der Waals surface area contributed by atoms with Crippen LogP contribution in [0.3, 0.4) is 0 Å². The molecule has 0 unspecified atom stereocenters. The van der Waals surface area contributed by atoms with Crippen molar-refractivity contribution in [2.75, 3.05) is 0 Å². The fraction of sp³-hybridized carbons (Fsp3) is 0.250. The highest BCUT2D eigenvalue weighted by Gasteiger charge is 1.62. The fourth-order valence-corrected chi connectivity index (χ4v) is 0.350. The van der Waals surface area contributed by atoms with E-state index in [-0.39, 0.29) is 0 Å². The van der Waals surface area contributed by atoms with Crippen LogP contribution in [0.4, 0.5) is 0 Å². The van der Waals surface area contributed by atoms with Gasteiger partial charge in [0.2, 0.25) is 0 Å². The summed E-state index contributed by atoms with van der Waals surface area (Å²) in [5.74, 6) is 0. The van der Waals surface area contributed by atoms with Crippen molar-refractivity contribution >= 4 is 0 Å². The van der Waals surface area contributed by atoms with Gasteiger partial charge in [0.15, 0.2) is 0 Å². The number of hydrogen-bond donors (Lipinski definition) is 0. The second-order valence-corrected chi connectivity index (χ2v) is 1.43. The molecule has 0 aliphatic rings. The molecule has 2 radical (unpaired) electrons. The lowest BCUT2D eigenvalue weighted by Gasteiger charge is -1.73. The molecule has 0 aromatic heterocycles. The van der Waals surface area contributed by atoms with Gasteiger partial charge in [-0.25, -0.2) is 0 Å². The summed E-state index contributed by atoms with van der Waals surface area (Å²) < 4.78 is 0. The lowest BCUT2D eigenvalue weighted by molar-refractivity contribution is 1.38. The molecule has 0 nitrogen and oxygen atoms in total. The maximum absolute atomic E-state index is 3.65. The summed E-state index contributed by atoms with van der Waals surface area (Å²) in [4.78, 5) is 0. The molecule has 0 atom stereocenters. The highest BCUT2D eigenvalue weighted by Crippen LogP contribution is 1.82. The van der Waals surface area contributed by atoms with Crippen molar-refractivity contribution in [1.29, 1.82) is 0 Å². The van der Waals surface area contributed by atoms with E-state index >= 15 is 0 Å². The first-order valence-electron chi connectivity index (χ1n) is 2.82. The van der Waals surface area contributed by atoms with Crippen molar-refractivity contribution in [1.82, 2.24) is 0 Å². The molecule has 0 heteroatoms. The van der Waals surface area contributed by atoms with Crippen molar-refractivity contribution in [3.8, 4) is 0 Å². The van der Waals surface area contributed by atoms with E-state index in [2.05, 4.69) is 13.8 Å². The Bertz CT molecular complexity index is 66.0. The number of rotatable bonds is 3. The molecule has 0 heterocycles. The normalized spacial score (nSPS) is 11.8. The topological polar surface area (TPSA) is 0 Å². The molecule has 0 aromatic carbocycles. The van der Waals surface area contributed by atoms with Crippen molar-refractivity contribution in [3.63, 3.8) is 0 Å². The van der Waals surface area contributed by atoms with Crippen LogP contribution in [-0.4, -0.2) is 0 Å². The lowest BCUT2D eigenvalue weighted by atomic mass is 10.3. The van der Waals surface area contributed by atoms with Gasteiger partial charge in [-0.05, 0) is 26.7 Å². The molecular weight excluding hydrogens is 96.1 g/mol. The van der Waals surface area contributed by atoms with Gasteiger partial charge in [0, 0.05) is 0 Å². The second kappa shape index (κ2) is 6.48. The van der Waals surface area contributed by atoms with Crippen LogP contribution in [0, 0.1) is 13.8 Å². The van der Waals surface area contributed by atoms with E-state index in [1.165, 1.54) is 0 Å². The van der Waals surface area contributed by atoms with Crippen LogP contribution < -0.4 is 0 Å². The molecule has 0 amide bonds. The third-order valence-electron chi connectivity index (χ3n) is 0.717. The molecule has 0 saturated carbocycles. The highest BCUT2D eigenvalue weighted by atomic mass is 13.7. The Morgan fingerprint density at radius 1 is 0.875 bits per heavy atom. The molecule has 44 valence electrons. The highest BCUT2D eigenvalue weighted by molar-refractivity contribution is 5.02. The van der Waals surface area contributed by atoms with E-state index in [1.807, 2.05) is 24.3 Å². The van der Waals surface area contributed by atoms with Gasteiger partial charge in [-0.15, -0.1) is 0 Å². The van der Waals surface area contributed by atoms with Crippen LogP contribution in [0.2, 0.25) is 0 Å². The fourth-order valence-electron chi connectivity index (χ4n) is 0.350. The predicted octanol–water partition coefficient (Wildman–Crippen LogP) is 2.55. The number of hydrogen-bond acceptors (Lipinski definition) is 0. The minimum Gasteiger partial charge on any atom is -0.0845 e. The Morgan fingerprint density at radius 2 is 1.25 bits per heavy atom. The third-order valence-corrected chi connectivity index (χ3v) is 0.717. The predicted molar refractivity (Wildman–Crippen MR) is 38.2 cm³/mol. The van der Waals surface area contributed by atoms with Gasteiger partial charge in [-0.2, -0.15) is 0 Å². The van der Waals surface area contributed by atoms with Crippen LogP contribution in [0.15, 0.2) is 24.3 Å². The zero-order valence-corrected chi connectivity index (χ0v) is 5.14. The quantitative estimate of drug-likeness (QED) is 0.487. The molecule has 0 bridgehead atoms. The smallest absolute Gasteiger partial charge is 0.0347 e. The van der Waals surface area contributed by atoms with Crippen LogP contribution in [0.5, 0.6) is 0 Å². The summed E-state index contributed by atoms with van der Waals surface area (Å²) in [7, 11) is 0. The minimum absolute atomic E-state index is 0.863. The van der Waals surface area contributed by atoms with E-state index < -0.39 is 0 Å². The standard InChI is InChI=1S/C8H12/c1-3-5-7-8-6-4-2/h5-8H,1-4H2. The van der Waals surface area contributed by atoms with E-state index in [9.17, 15) is 0 Å². The van der Waals surface area contributed by atoms with E-state index in [0.717, 1.165) is 12.8 Å². The molecule has 0 N–H and O–H groups in total. The zero-order valence-electron chi connectivity index (χ0n) is 5.14. The molecule has 0 aliphatic heterocycles. The molecule has 8 heavy (non-hydrogen) atoms. The summed E-state index contributed by atoms with van der Waals surface area (Å²) in [6, 6.07) is 0. The Kier molecular flexibility index (Phi) is 6.06. The zero-order chi connectivity index (χ0) is 6.24. The Hall–Kier alpha value is -0.520. The largest absolute Gasteiger partial charge is 0.0845 e. The van der Waals surface area contributed by atoms with Gasteiger partial charge in [0.25, 0.3) is 0 Å². The average Bonchev–Trinajstić information content (AvgIpc) is 1.81. The average molecular weight is 108 g/mol. The van der Waals surface area contributed by atoms with Crippen molar-refractivity contribution in [3.05, 3.63) is 38.2 Å². The van der Waals surface area contributed by atoms with Crippen molar-refractivity contribution in [2.24, 2.45) is 0 Å². The SMILES string of the molecule is [CH2]CC=CC=CC[CH2]. The van der Waals surface area contributed by atoms with Crippen LogP contribution in [0.25, 0.3) is 0 Å². The molecule has 0 fully saturated rings. The maximum atomic E-state index is 3.65. The third kappa shape index (κ3) is 5.48. The molecular formula is C8H12. The van der Waals surface area contributed by atoms with E-state index in [1.54, 1.807) is 0 Å². The first-order valence-corrected chi connectivity index (χ1v) is 2.82. The summed E-state index contributed by atoms with van der Waals surface area (Å²) >= 11 is 0. The van der Waals surface area contributed by atoms with Gasteiger partial charge in [-0.3, -0.25) is 0 Å². The van der Waals surface area contributed by atoms with Crippen LogP contribution >= 0.6 is 0 Å². The second-order valence-electron chi connectivity index (χ2n) is 1.43. The number of allylic oxidation sites excluding steroid dienone is 4. The summed E-state index contributed by atoms with van der Waals surface area (Å²) in [6.45, 7) is 7.29. The monoisotopic (exact) mass is 108 g/mol. The van der Waals surface area contributed by atoms with Gasteiger partial charge in [-0.1, -0.05) is 24.3 Å². The van der Waals surface area contributed by atoms with E-state index in [0.29, 0.717) is 0 Å². The molecule has 0 rings (SSSR count). The first-order chi connectivity index (χ1) is 3.91. The Balaban J connectivity index is 3.13. The van der Waals surface area contributed by atoms with Crippen LogP contribution in [-0.2, 0) is 0 Å². The molecule has 0 spiro atoms. The Labute approximate surface area is 51.9 Å². The summed E-state index contributed by atoms with van der Waals surface area (Å²) in [5.41, 5.74) is 0. The van der Waals surface area contributed by atoms with Crippen LogP contribution in [0.1, 0.15) is 12.8 Å². The van der Waals surface area contributed by atoms with Crippen molar-refractivity contribution < 1.29 is 0 Å². The van der Waals surface area contributed by atoms with Gasteiger partial charge in [0.1, 0.15) is 0 Å². The first kappa shape index (κ1) is 7.48. The summed E-state index contributed by atoms with van der Waals surface area (Å²) in [6.07, 6.45) is 9.71. The van der Waals surface area contributed by atoms with Crippen molar-refractivity contribution in [2.45, 2.75) is 12.8 Å². The maximum Gasteiger partial charge on any atom is -0.0347 e. The summed E-state index contributed by atoms with van der Waals surface area (Å²) in [5, 5.41) is 0. The van der Waals surface area contributed by atoms with Gasteiger partial charge in [0.05, 0.1) is 0 Å². The van der Waals surface area contributed by atoms with E-state index in [4.69, 9.17) is 0 Å². The minimum atomic E-state index is 0.863. The Morgan fingerprint density at radius 3 is 1.50 bits per heavy atom. The molecule has 0 saturated heterocycles. The lowest BCUT2D eigenvalue weighted by Crippen LogP contribution is -1.53. The molecule has 0 aromatic rings. The molecule has 0 aliphatic carbocycles. The van der Waals surface area contributed by atoms with Gasteiger partial charge < -0.3 is 0 Å².